The number of halogens is 1. The third kappa shape index (κ3) is 3.68. The molecule has 1 N–H and O–H groups in total. The maximum atomic E-state index is 11.6. The Morgan fingerprint density at radius 3 is 2.83 bits per heavy atom. The van der Waals surface area contributed by atoms with Gasteiger partial charge in [-0.2, -0.15) is 0 Å². The van der Waals surface area contributed by atoms with Crippen molar-refractivity contribution in [3.63, 3.8) is 0 Å². The van der Waals surface area contributed by atoms with Crippen molar-refractivity contribution in [3.05, 3.63) is 60.0 Å². The van der Waals surface area contributed by atoms with E-state index in [9.17, 15) is 4.79 Å². The molecule has 30 heavy (non-hydrogen) atoms. The van der Waals surface area contributed by atoms with Crippen LogP contribution in [0.25, 0.3) is 10.9 Å². The van der Waals surface area contributed by atoms with Gasteiger partial charge in [0.25, 0.3) is 0 Å². The molecule has 8 heteroatoms. The highest BCUT2D eigenvalue weighted by atomic mass is 35.5. The van der Waals surface area contributed by atoms with Crippen molar-refractivity contribution in [2.24, 2.45) is 0 Å². The third-order valence-corrected chi connectivity index (χ3v) is 5.74. The lowest BCUT2D eigenvalue weighted by Gasteiger charge is -2.37. The molecular formula is C22H20ClN5O2. The highest BCUT2D eigenvalue weighted by molar-refractivity contribution is 6.31. The van der Waals surface area contributed by atoms with Gasteiger partial charge in [0, 0.05) is 22.2 Å². The van der Waals surface area contributed by atoms with Gasteiger partial charge < -0.3 is 15.0 Å². The maximum absolute atomic E-state index is 11.6. The minimum absolute atomic E-state index is 0.0859. The number of aromatic nitrogens is 3. The Kier molecular flexibility index (Phi) is 4.75. The smallest absolute Gasteiger partial charge is 0.246 e. The molecular weight excluding hydrogens is 402 g/mol. The van der Waals surface area contributed by atoms with E-state index in [1.165, 1.54) is 30.8 Å². The number of carbonyl (C=O) groups is 1. The Balaban J connectivity index is 1.37. The van der Waals surface area contributed by atoms with E-state index >= 15 is 0 Å². The summed E-state index contributed by atoms with van der Waals surface area (Å²) in [6.45, 7) is 4.55. The van der Waals surface area contributed by atoms with E-state index in [4.69, 9.17) is 16.3 Å². The lowest BCUT2D eigenvalue weighted by molar-refractivity contribution is -0.134. The van der Waals surface area contributed by atoms with Crippen molar-refractivity contribution in [1.82, 2.24) is 19.9 Å². The fourth-order valence-corrected chi connectivity index (χ4v) is 3.83. The van der Waals surface area contributed by atoms with Crippen molar-refractivity contribution in [3.8, 4) is 5.88 Å². The molecule has 1 aromatic carbocycles. The summed E-state index contributed by atoms with van der Waals surface area (Å²) in [4.78, 5) is 26.3. The third-order valence-electron chi connectivity index (χ3n) is 5.39. The molecule has 2 aromatic heterocycles. The normalized spacial score (nSPS) is 16.2. The first-order valence-corrected chi connectivity index (χ1v) is 10.2. The molecule has 1 aliphatic carbocycles. The van der Waals surface area contributed by atoms with Crippen LogP contribution in [0.2, 0.25) is 5.02 Å². The predicted molar refractivity (Wildman–Crippen MR) is 115 cm³/mol. The van der Waals surface area contributed by atoms with Gasteiger partial charge in [-0.1, -0.05) is 18.2 Å². The van der Waals surface area contributed by atoms with Crippen LogP contribution >= 0.6 is 11.6 Å². The second kappa shape index (κ2) is 7.57. The summed E-state index contributed by atoms with van der Waals surface area (Å²) < 4.78 is 5.92. The number of fused-ring (bicyclic) bond motifs is 1. The number of anilines is 2. The lowest BCUT2D eigenvalue weighted by atomic mass is 10.1. The zero-order valence-electron chi connectivity index (χ0n) is 16.2. The summed E-state index contributed by atoms with van der Waals surface area (Å²) in [6, 6.07) is 7.78. The molecule has 2 fully saturated rings. The van der Waals surface area contributed by atoms with E-state index in [2.05, 4.69) is 32.9 Å². The molecule has 3 heterocycles. The second-order valence-corrected chi connectivity index (χ2v) is 7.99. The Bertz CT molecular complexity index is 1140. The Morgan fingerprint density at radius 1 is 1.23 bits per heavy atom. The Hall–Kier alpha value is -3.19. The van der Waals surface area contributed by atoms with Crippen LogP contribution in [0.15, 0.2) is 49.4 Å². The van der Waals surface area contributed by atoms with Crippen LogP contribution in [-0.2, 0) is 4.79 Å². The number of hydrogen-bond donors (Lipinski definition) is 1. The van der Waals surface area contributed by atoms with Crippen molar-refractivity contribution in [2.45, 2.75) is 24.9 Å². The van der Waals surface area contributed by atoms with Crippen LogP contribution in [0.3, 0.4) is 0 Å². The molecule has 2 aliphatic rings. The average Bonchev–Trinajstić information content (AvgIpc) is 3.57. The quantitative estimate of drug-likeness (QED) is 0.604. The molecule has 0 unspecified atom stereocenters. The molecule has 1 amide bonds. The van der Waals surface area contributed by atoms with Crippen LogP contribution < -0.4 is 10.1 Å². The van der Waals surface area contributed by atoms with Gasteiger partial charge in [-0.25, -0.2) is 15.0 Å². The highest BCUT2D eigenvalue weighted by Gasteiger charge is 2.31. The van der Waals surface area contributed by atoms with E-state index in [0.29, 0.717) is 36.2 Å². The number of pyridine rings is 1. The van der Waals surface area contributed by atoms with Gasteiger partial charge in [0.15, 0.2) is 0 Å². The van der Waals surface area contributed by atoms with Gasteiger partial charge in [-0.15, -0.1) is 0 Å². The van der Waals surface area contributed by atoms with Crippen LogP contribution in [0.5, 0.6) is 5.88 Å². The largest absolute Gasteiger partial charge is 0.471 e. The fourth-order valence-electron chi connectivity index (χ4n) is 3.56. The van der Waals surface area contributed by atoms with E-state index in [1.54, 1.807) is 11.1 Å². The zero-order chi connectivity index (χ0) is 20.7. The van der Waals surface area contributed by atoms with Gasteiger partial charge in [0.2, 0.25) is 11.8 Å². The topological polar surface area (TPSA) is 80.2 Å². The van der Waals surface area contributed by atoms with E-state index in [-0.39, 0.29) is 12.0 Å². The van der Waals surface area contributed by atoms with Gasteiger partial charge in [0.1, 0.15) is 18.2 Å². The Morgan fingerprint density at radius 2 is 2.07 bits per heavy atom. The molecule has 3 aromatic rings. The van der Waals surface area contributed by atoms with Crippen LogP contribution in [0.1, 0.15) is 24.3 Å². The number of benzene rings is 1. The number of likely N-dealkylation sites (tertiary alicyclic amines) is 1. The SMILES string of the molecule is C=CC(=O)N1CC(Oc2cc3c(Nc4ccc(Cl)c(C5CC5)c4)ncnc3cn2)C1. The van der Waals surface area contributed by atoms with Crippen molar-refractivity contribution in [2.75, 3.05) is 18.4 Å². The monoisotopic (exact) mass is 421 g/mol. The number of rotatable bonds is 6. The second-order valence-electron chi connectivity index (χ2n) is 7.58. The van der Waals surface area contributed by atoms with Gasteiger partial charge >= 0.3 is 0 Å². The molecule has 5 rings (SSSR count). The molecule has 0 radical (unpaired) electrons. The van der Waals surface area contributed by atoms with E-state index < -0.39 is 0 Å². The first-order chi connectivity index (χ1) is 14.6. The first-order valence-electron chi connectivity index (χ1n) is 9.86. The summed E-state index contributed by atoms with van der Waals surface area (Å²) in [5.74, 6) is 1.62. The summed E-state index contributed by atoms with van der Waals surface area (Å²) >= 11 is 6.35. The molecule has 152 valence electrons. The van der Waals surface area contributed by atoms with Crippen LogP contribution in [-0.4, -0.2) is 45.0 Å². The standard InChI is InChI=1S/C22H20ClN5O2/c1-2-21(29)28-10-15(11-28)30-20-8-17-19(9-24-20)25-12-26-22(17)27-14-5-6-18(23)16(7-14)13-3-4-13/h2,5-9,12-13,15H,1,3-4,10-11H2,(H,25,26,27). The first kappa shape index (κ1) is 18.8. The Labute approximate surface area is 178 Å². The number of carbonyl (C=O) groups excluding carboxylic acids is 1. The lowest BCUT2D eigenvalue weighted by Crippen LogP contribution is -2.55. The molecule has 1 aliphatic heterocycles. The minimum atomic E-state index is -0.0882. The van der Waals surface area contributed by atoms with Crippen molar-refractivity contribution in [1.29, 1.82) is 0 Å². The molecule has 1 saturated carbocycles. The summed E-state index contributed by atoms with van der Waals surface area (Å²) in [7, 11) is 0. The minimum Gasteiger partial charge on any atom is -0.471 e. The van der Waals surface area contributed by atoms with Crippen LogP contribution in [0, 0.1) is 0 Å². The molecule has 1 saturated heterocycles. The average molecular weight is 422 g/mol. The molecule has 0 spiro atoms. The molecule has 0 bridgehead atoms. The predicted octanol–water partition coefficient (Wildman–Crippen LogP) is 4.07. The number of ether oxygens (including phenoxy) is 1. The highest BCUT2D eigenvalue weighted by Crippen LogP contribution is 2.44. The maximum Gasteiger partial charge on any atom is 0.246 e. The number of nitrogens with zero attached hydrogens (tertiary/aromatic N) is 4. The van der Waals surface area contributed by atoms with Crippen molar-refractivity contribution < 1.29 is 9.53 Å². The summed E-state index contributed by atoms with van der Waals surface area (Å²) in [6.07, 6.45) is 6.77. The zero-order valence-corrected chi connectivity index (χ0v) is 17.0. The summed E-state index contributed by atoms with van der Waals surface area (Å²) in [5, 5.41) is 4.99. The number of hydrogen-bond acceptors (Lipinski definition) is 6. The number of nitrogens with one attached hydrogen (secondary N) is 1. The molecule has 7 nitrogen and oxygen atoms in total. The fraction of sp³-hybridized carbons (Fsp3) is 0.273. The number of amides is 1. The molecule has 0 atom stereocenters. The summed E-state index contributed by atoms with van der Waals surface area (Å²) in [5.41, 5.74) is 2.82. The van der Waals surface area contributed by atoms with E-state index in [1.807, 2.05) is 18.2 Å². The van der Waals surface area contributed by atoms with Crippen LogP contribution in [0.4, 0.5) is 11.5 Å². The van der Waals surface area contributed by atoms with Gasteiger partial charge in [-0.3, -0.25) is 4.79 Å². The van der Waals surface area contributed by atoms with E-state index in [0.717, 1.165) is 16.1 Å². The van der Waals surface area contributed by atoms with Gasteiger partial charge in [-0.05, 0) is 48.6 Å². The van der Waals surface area contributed by atoms with Crippen molar-refractivity contribution >= 4 is 39.9 Å². The van der Waals surface area contributed by atoms with Gasteiger partial charge in [0.05, 0.1) is 24.8 Å².